The molecule has 0 aliphatic heterocycles. The average molecular weight is 358 g/mol. The highest BCUT2D eigenvalue weighted by atomic mass is 16.5. The number of benzene rings is 1. The van der Waals surface area contributed by atoms with Crippen LogP contribution in [0.5, 0.6) is 11.5 Å². The Hall–Kier alpha value is -2.89. The number of rotatable bonds is 5. The van der Waals surface area contributed by atoms with E-state index in [0.29, 0.717) is 6.42 Å². The van der Waals surface area contributed by atoms with Crippen LogP contribution in [0.2, 0.25) is 0 Å². The summed E-state index contributed by atoms with van der Waals surface area (Å²) in [7, 11) is 0. The first-order valence-corrected chi connectivity index (χ1v) is 8.38. The lowest BCUT2D eigenvalue weighted by atomic mass is 9.85. The molecule has 2 rings (SSSR count). The molecule has 1 aliphatic rings. The van der Waals surface area contributed by atoms with E-state index in [1.165, 1.54) is 0 Å². The van der Waals surface area contributed by atoms with Crippen LogP contribution >= 0.6 is 0 Å². The molecule has 0 saturated carbocycles. The lowest BCUT2D eigenvalue weighted by molar-refractivity contribution is -0.149. The second-order valence-corrected chi connectivity index (χ2v) is 6.56. The van der Waals surface area contributed by atoms with Crippen molar-refractivity contribution in [2.45, 2.75) is 40.2 Å². The van der Waals surface area contributed by atoms with Crippen LogP contribution in [-0.2, 0) is 9.53 Å². The molecule has 6 nitrogen and oxygen atoms in total. The van der Waals surface area contributed by atoms with Gasteiger partial charge >= 0.3 is 5.97 Å². The van der Waals surface area contributed by atoms with E-state index in [0.717, 1.165) is 23.8 Å². The van der Waals surface area contributed by atoms with Gasteiger partial charge < -0.3 is 14.9 Å². The summed E-state index contributed by atoms with van der Waals surface area (Å²) in [5.41, 5.74) is 0.211. The molecule has 0 bridgehead atoms. The second kappa shape index (κ2) is 7.56. The number of hydrogen-bond donors (Lipinski definition) is 2. The molecule has 0 fully saturated rings. The van der Waals surface area contributed by atoms with Crippen LogP contribution in [0.3, 0.4) is 0 Å². The minimum absolute atomic E-state index is 0.0544. The lowest BCUT2D eigenvalue weighted by Gasteiger charge is -2.23. The van der Waals surface area contributed by atoms with E-state index < -0.39 is 29.4 Å². The molecule has 1 unspecified atom stereocenters. The smallest absolute Gasteiger partial charge is 0.309 e. The molecule has 0 radical (unpaired) electrons. The molecule has 0 heterocycles. The van der Waals surface area contributed by atoms with Gasteiger partial charge in [0.2, 0.25) is 0 Å². The zero-order chi connectivity index (χ0) is 19.6. The number of phenolic OH excluding ortho intramolecular Hbond substituents is 2. The van der Waals surface area contributed by atoms with Gasteiger partial charge in [-0.3, -0.25) is 14.4 Å². The van der Waals surface area contributed by atoms with E-state index in [9.17, 15) is 24.6 Å². The summed E-state index contributed by atoms with van der Waals surface area (Å²) in [6.45, 7) is 7.10. The standard InChI is InChI=1S/C20H22O6/c1-5-11(4)20(25)26-16(8-10(2)3)12-9-15(23)17-13(21)6-7-14(22)18(17)19(12)24/h6-9,11,16,21-22H,5H2,1-4H3/t11?,16-/m0/s1. The molecule has 6 heteroatoms. The topological polar surface area (TPSA) is 101 Å². The van der Waals surface area contributed by atoms with Gasteiger partial charge in [0.1, 0.15) is 17.6 Å². The number of esters is 1. The van der Waals surface area contributed by atoms with Crippen LogP contribution in [-0.4, -0.2) is 33.9 Å². The van der Waals surface area contributed by atoms with Crippen LogP contribution in [0.4, 0.5) is 0 Å². The molecule has 138 valence electrons. The van der Waals surface area contributed by atoms with Crippen LogP contribution in [0, 0.1) is 5.92 Å². The number of fused-ring (bicyclic) bond motifs is 1. The van der Waals surface area contributed by atoms with E-state index >= 15 is 0 Å². The van der Waals surface area contributed by atoms with Gasteiger partial charge in [-0.2, -0.15) is 0 Å². The van der Waals surface area contributed by atoms with Crippen molar-refractivity contribution in [2.75, 3.05) is 0 Å². The Balaban J connectivity index is 2.51. The summed E-state index contributed by atoms with van der Waals surface area (Å²) in [4.78, 5) is 37.5. The zero-order valence-electron chi connectivity index (χ0n) is 15.2. The van der Waals surface area contributed by atoms with Crippen LogP contribution < -0.4 is 0 Å². The molecule has 1 aromatic carbocycles. The Morgan fingerprint density at radius 1 is 1.15 bits per heavy atom. The minimum Gasteiger partial charge on any atom is -0.507 e. The van der Waals surface area contributed by atoms with E-state index in [1.54, 1.807) is 26.8 Å². The highest BCUT2D eigenvalue weighted by Gasteiger charge is 2.35. The molecular weight excluding hydrogens is 336 g/mol. The molecule has 2 N–H and O–H groups in total. The number of Topliss-reactive ketones (excluding diaryl/α,β-unsaturated/α-hetero) is 1. The Morgan fingerprint density at radius 3 is 2.27 bits per heavy atom. The van der Waals surface area contributed by atoms with Gasteiger partial charge in [-0.1, -0.05) is 19.4 Å². The molecule has 26 heavy (non-hydrogen) atoms. The van der Waals surface area contributed by atoms with Crippen molar-refractivity contribution in [1.29, 1.82) is 0 Å². The average Bonchev–Trinajstić information content (AvgIpc) is 2.58. The van der Waals surface area contributed by atoms with Crippen LogP contribution in [0.15, 0.2) is 35.4 Å². The molecule has 1 aromatic rings. The maximum Gasteiger partial charge on any atom is 0.309 e. The van der Waals surface area contributed by atoms with Crippen molar-refractivity contribution in [3.8, 4) is 11.5 Å². The molecule has 0 amide bonds. The summed E-state index contributed by atoms with van der Waals surface area (Å²) in [6.07, 6.45) is 2.15. The molecule has 2 atom stereocenters. The van der Waals surface area contributed by atoms with Gasteiger partial charge in [0.15, 0.2) is 11.6 Å². The highest BCUT2D eigenvalue weighted by Crippen LogP contribution is 2.36. The van der Waals surface area contributed by atoms with Gasteiger partial charge in [0.05, 0.1) is 17.0 Å². The number of aromatic hydroxyl groups is 2. The van der Waals surface area contributed by atoms with Gasteiger partial charge in [0.25, 0.3) is 0 Å². The van der Waals surface area contributed by atoms with Crippen molar-refractivity contribution in [3.63, 3.8) is 0 Å². The number of allylic oxidation sites excluding steroid dienone is 2. The molecular formula is C20H22O6. The van der Waals surface area contributed by atoms with E-state index in [1.807, 2.05) is 6.92 Å². The first-order valence-electron chi connectivity index (χ1n) is 8.38. The largest absolute Gasteiger partial charge is 0.507 e. The quantitative estimate of drug-likeness (QED) is 0.476. The Morgan fingerprint density at radius 2 is 1.73 bits per heavy atom. The third-order valence-electron chi connectivity index (χ3n) is 4.23. The summed E-state index contributed by atoms with van der Waals surface area (Å²) in [5.74, 6) is -2.93. The number of carbonyl (C=O) groups is 3. The normalized spacial score (nSPS) is 15.6. The fraction of sp³-hybridized carbons (Fsp3) is 0.350. The van der Waals surface area contributed by atoms with Gasteiger partial charge in [-0.15, -0.1) is 0 Å². The van der Waals surface area contributed by atoms with Crippen LogP contribution in [0.25, 0.3) is 0 Å². The third kappa shape index (κ3) is 3.69. The summed E-state index contributed by atoms with van der Waals surface area (Å²) in [6, 6.07) is 2.29. The number of carbonyl (C=O) groups excluding carboxylic acids is 3. The number of ether oxygens (including phenoxy) is 1. The van der Waals surface area contributed by atoms with Gasteiger partial charge in [-0.25, -0.2) is 0 Å². The first kappa shape index (κ1) is 19.4. The van der Waals surface area contributed by atoms with Crippen molar-refractivity contribution < 1.29 is 29.3 Å². The first-order chi connectivity index (χ1) is 12.2. The molecule has 0 saturated heterocycles. The monoisotopic (exact) mass is 358 g/mol. The Bertz CT molecular complexity index is 827. The van der Waals surface area contributed by atoms with Crippen molar-refractivity contribution in [1.82, 2.24) is 0 Å². The SMILES string of the molecule is CCC(C)C(=O)O[C@@H](C=C(C)C)C1=CC(=O)c2c(O)ccc(O)c2C1=O. The maximum atomic E-state index is 12.9. The Kier molecular flexibility index (Phi) is 5.65. The third-order valence-corrected chi connectivity index (χ3v) is 4.23. The number of ketones is 2. The molecule has 0 aromatic heterocycles. The predicted molar refractivity (Wildman–Crippen MR) is 95.3 cm³/mol. The van der Waals surface area contributed by atoms with Crippen molar-refractivity contribution in [3.05, 3.63) is 46.6 Å². The summed E-state index contributed by atoms with van der Waals surface area (Å²) >= 11 is 0. The molecule has 0 spiro atoms. The highest BCUT2D eigenvalue weighted by molar-refractivity contribution is 6.27. The van der Waals surface area contributed by atoms with Crippen molar-refractivity contribution >= 4 is 17.5 Å². The van der Waals surface area contributed by atoms with Gasteiger partial charge in [0, 0.05) is 5.57 Å². The van der Waals surface area contributed by atoms with Crippen molar-refractivity contribution in [2.24, 2.45) is 5.92 Å². The molecule has 1 aliphatic carbocycles. The predicted octanol–water partition coefficient (Wildman–Crippen LogP) is 3.33. The van der Waals surface area contributed by atoms with Gasteiger partial charge in [-0.05, 0) is 44.6 Å². The lowest BCUT2D eigenvalue weighted by Crippen LogP contribution is -2.30. The fourth-order valence-electron chi connectivity index (χ4n) is 2.59. The van der Waals surface area contributed by atoms with E-state index in [-0.39, 0.29) is 28.4 Å². The minimum atomic E-state index is -1.05. The summed E-state index contributed by atoms with van der Waals surface area (Å²) in [5, 5.41) is 19.9. The maximum absolute atomic E-state index is 12.9. The number of hydrogen-bond acceptors (Lipinski definition) is 6. The second-order valence-electron chi connectivity index (χ2n) is 6.56. The zero-order valence-corrected chi connectivity index (χ0v) is 15.2. The van der Waals surface area contributed by atoms with E-state index in [2.05, 4.69) is 0 Å². The van der Waals surface area contributed by atoms with Crippen LogP contribution in [0.1, 0.15) is 54.8 Å². The van der Waals surface area contributed by atoms with E-state index in [4.69, 9.17) is 4.74 Å². The summed E-state index contributed by atoms with van der Waals surface area (Å²) < 4.78 is 5.46. The number of phenols is 2. The Labute approximate surface area is 151 Å². The fourth-order valence-corrected chi connectivity index (χ4v) is 2.59.